The van der Waals surface area contributed by atoms with Crippen molar-refractivity contribution in [2.75, 3.05) is 6.54 Å². The molecule has 1 aromatic carbocycles. The van der Waals surface area contributed by atoms with Gasteiger partial charge >= 0.3 is 0 Å². The molecule has 0 radical (unpaired) electrons. The normalized spacial score (nSPS) is 19.1. The first kappa shape index (κ1) is 21.7. The van der Waals surface area contributed by atoms with Crippen LogP contribution in [0.1, 0.15) is 42.6 Å². The molecule has 3 aliphatic heterocycles. The van der Waals surface area contributed by atoms with Crippen molar-refractivity contribution in [2.45, 2.75) is 45.6 Å². The molecular weight excluding hydrogens is 404 g/mol. The van der Waals surface area contributed by atoms with Crippen LogP contribution in [0.3, 0.4) is 0 Å². The van der Waals surface area contributed by atoms with Crippen molar-refractivity contribution in [1.82, 2.24) is 20.3 Å². The minimum absolute atomic E-state index is 0. The molecule has 4 heterocycles. The summed E-state index contributed by atoms with van der Waals surface area (Å²) in [7, 11) is 0. The van der Waals surface area contributed by atoms with Gasteiger partial charge < -0.3 is 15.8 Å². The Hall–Kier alpha value is -1.99. The molecule has 0 bridgehead atoms. The number of aromatic nitrogens is 3. The van der Waals surface area contributed by atoms with E-state index in [1.165, 1.54) is 26.1 Å². The highest BCUT2D eigenvalue weighted by Gasteiger charge is 2.23. The topological polar surface area (TPSA) is 85.1 Å². The second-order valence-electron chi connectivity index (χ2n) is 7.84. The lowest BCUT2D eigenvalue weighted by atomic mass is 9.92. The summed E-state index contributed by atoms with van der Waals surface area (Å²) >= 11 is 1.83. The van der Waals surface area contributed by atoms with Crippen molar-refractivity contribution in [2.24, 2.45) is 0 Å². The van der Waals surface area contributed by atoms with E-state index in [9.17, 15) is 0 Å². The number of benzene rings is 1. The van der Waals surface area contributed by atoms with Gasteiger partial charge in [0.05, 0.1) is 22.5 Å². The van der Waals surface area contributed by atoms with Gasteiger partial charge in [0.2, 0.25) is 0 Å². The summed E-state index contributed by atoms with van der Waals surface area (Å²) in [5, 5.41) is 4.86. The fraction of sp³-hybridized carbons (Fsp3) is 0.364. The van der Waals surface area contributed by atoms with E-state index < -0.39 is 0 Å². The Morgan fingerprint density at radius 2 is 1.97 bits per heavy atom. The molecule has 5 rings (SSSR count). The number of H-pyrrole nitrogens is 1. The van der Waals surface area contributed by atoms with Crippen LogP contribution in [0.4, 0.5) is 0 Å². The van der Waals surface area contributed by atoms with Crippen LogP contribution >= 0.6 is 23.7 Å². The number of hydrogen-bond acceptors (Lipinski definition) is 4. The molecule has 2 aromatic rings. The monoisotopic (exact) mass is 430 g/mol. The molecule has 5 nitrogen and oxygen atoms in total. The number of nitrogens with zero attached hydrogens (tertiary/aromatic N) is 2. The number of piperidine rings is 1. The highest BCUT2D eigenvalue weighted by atomic mass is 35.5. The van der Waals surface area contributed by atoms with Crippen molar-refractivity contribution in [1.29, 1.82) is 0 Å². The van der Waals surface area contributed by atoms with Crippen LogP contribution in [0.5, 0.6) is 0 Å². The van der Waals surface area contributed by atoms with Crippen LogP contribution in [0.2, 0.25) is 0 Å². The first-order valence-electron chi connectivity index (χ1n) is 9.67. The maximum absolute atomic E-state index is 4.87. The SMILES string of the molecule is Cc1ccc2sc(-c3cc4[nH]c(C5CCNC(C)C5)ncc-4n3)c(C)c2c1.Cl.O. The molecule has 1 saturated heterocycles. The van der Waals surface area contributed by atoms with Crippen molar-refractivity contribution in [3.05, 3.63) is 47.4 Å². The van der Waals surface area contributed by atoms with Gasteiger partial charge in [-0.15, -0.1) is 23.7 Å². The Morgan fingerprint density at radius 3 is 2.76 bits per heavy atom. The quantitative estimate of drug-likeness (QED) is 0.476. The highest BCUT2D eigenvalue weighted by molar-refractivity contribution is 7.22. The van der Waals surface area contributed by atoms with Crippen LogP contribution in [0, 0.1) is 13.8 Å². The van der Waals surface area contributed by atoms with E-state index in [0.29, 0.717) is 12.0 Å². The molecule has 3 aliphatic rings. The second kappa shape index (κ2) is 8.40. The summed E-state index contributed by atoms with van der Waals surface area (Å²) in [5.41, 5.74) is 5.71. The van der Waals surface area contributed by atoms with E-state index in [1.54, 1.807) is 0 Å². The number of thiophene rings is 1. The number of fused-ring (bicyclic) bond motifs is 2. The van der Waals surface area contributed by atoms with Crippen molar-refractivity contribution >= 4 is 33.8 Å². The molecular formula is C22H27ClN4OS. The van der Waals surface area contributed by atoms with Gasteiger partial charge in [-0.3, -0.25) is 0 Å². The third-order valence-electron chi connectivity index (χ3n) is 5.72. The minimum atomic E-state index is 0. The van der Waals surface area contributed by atoms with E-state index in [2.05, 4.69) is 55.3 Å². The third kappa shape index (κ3) is 3.90. The lowest BCUT2D eigenvalue weighted by Gasteiger charge is -2.27. The van der Waals surface area contributed by atoms with Crippen LogP contribution in [0.25, 0.3) is 32.0 Å². The van der Waals surface area contributed by atoms with Gasteiger partial charge in [0.1, 0.15) is 11.5 Å². The van der Waals surface area contributed by atoms with Crippen LogP contribution in [-0.4, -0.2) is 33.0 Å². The zero-order valence-corrected chi connectivity index (χ0v) is 18.5. The minimum Gasteiger partial charge on any atom is -0.412 e. The summed E-state index contributed by atoms with van der Waals surface area (Å²) in [6.45, 7) is 7.66. The standard InChI is InChI=1S/C22H24N4S.ClH.H2O/c1-12-4-5-20-16(8-12)14(3)21(27-20)18-10-17-19(25-18)11-24-22(26-17)15-6-7-23-13(2)9-15;;/h4-5,8,10-11,13,15,23H,6-7,9H2,1-3H3,(H,24,26);1H;1H2. The Kier molecular flexibility index (Phi) is 6.29. The van der Waals surface area contributed by atoms with E-state index in [4.69, 9.17) is 9.97 Å². The van der Waals surface area contributed by atoms with E-state index in [-0.39, 0.29) is 17.9 Å². The molecule has 4 N–H and O–H groups in total. The molecule has 0 amide bonds. The number of aryl methyl sites for hydroxylation is 2. The van der Waals surface area contributed by atoms with Crippen molar-refractivity contribution in [3.63, 3.8) is 0 Å². The van der Waals surface area contributed by atoms with Gasteiger partial charge in [0.25, 0.3) is 0 Å². The predicted molar refractivity (Wildman–Crippen MR) is 124 cm³/mol. The molecule has 7 heteroatoms. The van der Waals surface area contributed by atoms with Crippen LogP contribution < -0.4 is 5.32 Å². The molecule has 0 aliphatic carbocycles. The zero-order chi connectivity index (χ0) is 18.5. The highest BCUT2D eigenvalue weighted by Crippen LogP contribution is 2.40. The lowest BCUT2D eigenvalue weighted by Crippen LogP contribution is -2.35. The summed E-state index contributed by atoms with van der Waals surface area (Å²) in [5.74, 6) is 1.59. The molecule has 1 fully saturated rings. The van der Waals surface area contributed by atoms with Gasteiger partial charge in [-0.05, 0) is 63.2 Å². The van der Waals surface area contributed by atoms with Gasteiger partial charge in [0.15, 0.2) is 0 Å². The summed E-state index contributed by atoms with van der Waals surface area (Å²) in [6.07, 6.45) is 4.20. The number of halogens is 1. The molecule has 0 spiro atoms. The largest absolute Gasteiger partial charge is 0.412 e. The Balaban J connectivity index is 0.00000120. The predicted octanol–water partition coefficient (Wildman–Crippen LogP) is 4.86. The lowest BCUT2D eigenvalue weighted by molar-refractivity contribution is 0.371. The van der Waals surface area contributed by atoms with Crippen LogP contribution in [-0.2, 0) is 0 Å². The first-order valence-corrected chi connectivity index (χ1v) is 10.5. The van der Waals surface area contributed by atoms with Crippen LogP contribution in [0.15, 0.2) is 30.5 Å². The van der Waals surface area contributed by atoms with Gasteiger partial charge in [-0.25, -0.2) is 9.97 Å². The molecule has 2 unspecified atom stereocenters. The van der Waals surface area contributed by atoms with E-state index >= 15 is 0 Å². The summed E-state index contributed by atoms with van der Waals surface area (Å²) < 4.78 is 1.33. The number of hydrogen-bond donors (Lipinski definition) is 2. The fourth-order valence-electron chi connectivity index (χ4n) is 4.22. The number of rotatable bonds is 2. The van der Waals surface area contributed by atoms with Gasteiger partial charge in [-0.2, -0.15) is 0 Å². The molecule has 0 saturated carbocycles. The molecule has 154 valence electrons. The average Bonchev–Trinajstić information content (AvgIpc) is 3.22. The Morgan fingerprint density at radius 1 is 1.14 bits per heavy atom. The third-order valence-corrected chi connectivity index (χ3v) is 7.02. The summed E-state index contributed by atoms with van der Waals surface area (Å²) in [4.78, 5) is 14.4. The second-order valence-corrected chi connectivity index (χ2v) is 8.89. The Bertz CT molecular complexity index is 1110. The van der Waals surface area contributed by atoms with Crippen molar-refractivity contribution in [3.8, 4) is 22.0 Å². The first-order chi connectivity index (χ1) is 13.1. The number of aromatic amines is 1. The van der Waals surface area contributed by atoms with Crippen molar-refractivity contribution < 1.29 is 5.48 Å². The fourth-order valence-corrected chi connectivity index (χ4v) is 5.37. The average molecular weight is 431 g/mol. The zero-order valence-electron chi connectivity index (χ0n) is 16.9. The number of nitrogens with one attached hydrogen (secondary N) is 2. The van der Waals surface area contributed by atoms with Gasteiger partial charge in [0, 0.05) is 16.7 Å². The molecule has 29 heavy (non-hydrogen) atoms. The molecule has 2 atom stereocenters. The summed E-state index contributed by atoms with van der Waals surface area (Å²) in [6, 6.07) is 9.42. The van der Waals surface area contributed by atoms with E-state index in [0.717, 1.165) is 42.3 Å². The van der Waals surface area contributed by atoms with Gasteiger partial charge in [-0.1, -0.05) is 17.7 Å². The molecule has 1 aromatic heterocycles. The van der Waals surface area contributed by atoms with E-state index in [1.807, 2.05) is 17.5 Å². The maximum atomic E-state index is 4.87. The maximum Gasteiger partial charge on any atom is 0.109 e. The smallest absolute Gasteiger partial charge is 0.109 e. The Labute approximate surface area is 181 Å².